The maximum absolute atomic E-state index is 5.11. The minimum atomic E-state index is 0.466. The number of aromatic nitrogens is 2. The molecule has 138 valence electrons. The molecule has 6 nitrogen and oxygen atoms in total. The van der Waals surface area contributed by atoms with Crippen molar-refractivity contribution >= 4 is 0 Å². The average molecular weight is 345 g/mol. The average Bonchev–Trinajstić information content (AvgIpc) is 2.65. The lowest BCUT2D eigenvalue weighted by molar-refractivity contribution is -0.0109. The van der Waals surface area contributed by atoms with E-state index in [9.17, 15) is 0 Å². The van der Waals surface area contributed by atoms with Gasteiger partial charge in [-0.1, -0.05) is 19.3 Å². The molecule has 0 bridgehead atoms. The molecule has 3 heterocycles. The Labute approximate surface area is 151 Å². The Balaban J connectivity index is 1.19. The van der Waals surface area contributed by atoms with Gasteiger partial charge in [-0.05, 0) is 18.9 Å². The van der Waals surface area contributed by atoms with Crippen LogP contribution in [0.2, 0.25) is 0 Å². The van der Waals surface area contributed by atoms with Crippen molar-refractivity contribution in [2.75, 3.05) is 46.4 Å². The molecule has 1 aromatic heterocycles. The zero-order valence-electron chi connectivity index (χ0n) is 15.4. The van der Waals surface area contributed by atoms with E-state index in [0.29, 0.717) is 6.01 Å². The summed E-state index contributed by atoms with van der Waals surface area (Å²) in [6.45, 7) is 8.25. The fourth-order valence-electron chi connectivity index (χ4n) is 4.61. The maximum Gasteiger partial charge on any atom is 0.316 e. The molecule has 0 amide bonds. The number of piperazine rings is 1. The van der Waals surface area contributed by atoms with Gasteiger partial charge >= 0.3 is 6.01 Å². The Morgan fingerprint density at radius 2 is 1.68 bits per heavy atom. The minimum Gasteiger partial charge on any atom is -0.467 e. The summed E-state index contributed by atoms with van der Waals surface area (Å²) in [6, 6.07) is 4.06. The highest BCUT2D eigenvalue weighted by atomic mass is 16.5. The number of hydrogen-bond donors (Lipinski definition) is 0. The van der Waals surface area contributed by atoms with Crippen molar-refractivity contribution in [1.82, 2.24) is 24.7 Å². The summed E-state index contributed by atoms with van der Waals surface area (Å²) >= 11 is 0. The summed E-state index contributed by atoms with van der Waals surface area (Å²) in [6.07, 6.45) is 8.97. The van der Waals surface area contributed by atoms with Crippen LogP contribution in [0.4, 0.5) is 0 Å². The highest BCUT2D eigenvalue weighted by Crippen LogP contribution is 2.25. The number of nitrogens with zero attached hydrogens (tertiary/aromatic N) is 5. The van der Waals surface area contributed by atoms with Crippen molar-refractivity contribution in [3.63, 3.8) is 0 Å². The van der Waals surface area contributed by atoms with E-state index >= 15 is 0 Å². The summed E-state index contributed by atoms with van der Waals surface area (Å²) in [5, 5.41) is 0. The van der Waals surface area contributed by atoms with E-state index in [2.05, 4.69) is 24.7 Å². The van der Waals surface area contributed by atoms with Gasteiger partial charge in [-0.25, -0.2) is 4.98 Å². The number of likely N-dealkylation sites (tertiary alicyclic amines) is 1. The van der Waals surface area contributed by atoms with Gasteiger partial charge < -0.3 is 4.74 Å². The molecule has 3 aliphatic rings. The van der Waals surface area contributed by atoms with Crippen LogP contribution in [-0.2, 0) is 6.54 Å². The molecule has 6 heteroatoms. The zero-order chi connectivity index (χ0) is 17.1. The van der Waals surface area contributed by atoms with Crippen molar-refractivity contribution in [2.45, 2.75) is 50.7 Å². The first-order valence-corrected chi connectivity index (χ1v) is 9.88. The van der Waals surface area contributed by atoms with Crippen molar-refractivity contribution < 1.29 is 4.74 Å². The molecular formula is C19H31N5O. The Bertz CT molecular complexity index is 549. The van der Waals surface area contributed by atoms with Crippen LogP contribution in [0.25, 0.3) is 0 Å². The van der Waals surface area contributed by atoms with Gasteiger partial charge in [-0.2, -0.15) is 4.98 Å². The normalized spacial score (nSPS) is 25.0. The molecule has 4 rings (SSSR count). The van der Waals surface area contributed by atoms with Gasteiger partial charge in [0, 0.05) is 64.1 Å². The molecule has 0 atom stereocenters. The van der Waals surface area contributed by atoms with Crippen LogP contribution >= 0.6 is 0 Å². The molecule has 1 aromatic rings. The third-order valence-electron chi connectivity index (χ3n) is 6.15. The van der Waals surface area contributed by atoms with Gasteiger partial charge in [0.1, 0.15) is 0 Å². The Kier molecular flexibility index (Phi) is 5.48. The second-order valence-corrected chi connectivity index (χ2v) is 7.75. The lowest BCUT2D eigenvalue weighted by Crippen LogP contribution is -2.63. The smallest absolute Gasteiger partial charge is 0.316 e. The lowest BCUT2D eigenvalue weighted by Gasteiger charge is -2.49. The summed E-state index contributed by atoms with van der Waals surface area (Å²) in [4.78, 5) is 16.4. The van der Waals surface area contributed by atoms with E-state index in [1.165, 1.54) is 58.3 Å². The zero-order valence-corrected chi connectivity index (χ0v) is 15.4. The van der Waals surface area contributed by atoms with Crippen LogP contribution < -0.4 is 4.74 Å². The number of methoxy groups -OCH3 is 1. The first-order valence-electron chi connectivity index (χ1n) is 9.88. The number of rotatable bonds is 5. The SMILES string of the molecule is COc1nccc(CN2CC(N3CCN(C4CCCCC4)CC3)C2)n1. The standard InChI is InChI=1S/C19H31N5O/c1-25-19-20-8-7-16(21-19)13-22-14-18(15-22)24-11-9-23(10-12-24)17-5-3-2-4-6-17/h7-8,17-18H,2-6,9-15H2,1H3. The first kappa shape index (κ1) is 17.2. The first-order chi connectivity index (χ1) is 12.3. The largest absolute Gasteiger partial charge is 0.467 e. The topological polar surface area (TPSA) is 44.7 Å². The number of hydrogen-bond acceptors (Lipinski definition) is 6. The van der Waals surface area contributed by atoms with E-state index in [4.69, 9.17) is 4.74 Å². The molecular weight excluding hydrogens is 314 g/mol. The van der Waals surface area contributed by atoms with E-state index < -0.39 is 0 Å². The van der Waals surface area contributed by atoms with Crippen molar-refractivity contribution in [2.24, 2.45) is 0 Å². The fourth-order valence-corrected chi connectivity index (χ4v) is 4.61. The minimum absolute atomic E-state index is 0.466. The van der Waals surface area contributed by atoms with Crippen LogP contribution in [-0.4, -0.2) is 83.1 Å². The molecule has 2 saturated heterocycles. The fraction of sp³-hybridized carbons (Fsp3) is 0.789. The number of ether oxygens (including phenoxy) is 1. The molecule has 0 radical (unpaired) electrons. The third kappa shape index (κ3) is 4.13. The highest BCUT2D eigenvalue weighted by Gasteiger charge is 2.34. The maximum atomic E-state index is 5.11. The third-order valence-corrected chi connectivity index (χ3v) is 6.15. The van der Waals surface area contributed by atoms with Crippen molar-refractivity contribution in [1.29, 1.82) is 0 Å². The molecule has 2 aliphatic heterocycles. The second-order valence-electron chi connectivity index (χ2n) is 7.75. The summed E-state index contributed by atoms with van der Waals surface area (Å²) in [7, 11) is 1.62. The Morgan fingerprint density at radius 3 is 2.36 bits per heavy atom. The van der Waals surface area contributed by atoms with E-state index in [-0.39, 0.29) is 0 Å². The van der Waals surface area contributed by atoms with E-state index in [1.807, 2.05) is 6.07 Å². The predicted octanol–water partition coefficient (Wildman–Crippen LogP) is 1.62. The van der Waals surface area contributed by atoms with Crippen LogP contribution in [0.15, 0.2) is 12.3 Å². The van der Waals surface area contributed by atoms with Crippen LogP contribution in [0.1, 0.15) is 37.8 Å². The molecule has 0 aromatic carbocycles. The molecule has 0 N–H and O–H groups in total. The Morgan fingerprint density at radius 1 is 1.00 bits per heavy atom. The molecule has 25 heavy (non-hydrogen) atoms. The van der Waals surface area contributed by atoms with Gasteiger partial charge in [0.05, 0.1) is 12.8 Å². The van der Waals surface area contributed by atoms with Gasteiger partial charge in [0.2, 0.25) is 0 Å². The molecule has 0 spiro atoms. The van der Waals surface area contributed by atoms with Crippen LogP contribution in [0.3, 0.4) is 0 Å². The van der Waals surface area contributed by atoms with Crippen molar-refractivity contribution in [3.05, 3.63) is 18.0 Å². The van der Waals surface area contributed by atoms with Crippen LogP contribution in [0.5, 0.6) is 6.01 Å². The quantitative estimate of drug-likeness (QED) is 0.808. The second kappa shape index (κ2) is 7.98. The predicted molar refractivity (Wildman–Crippen MR) is 97.7 cm³/mol. The monoisotopic (exact) mass is 345 g/mol. The molecule has 1 aliphatic carbocycles. The lowest BCUT2D eigenvalue weighted by atomic mass is 9.93. The summed E-state index contributed by atoms with van der Waals surface area (Å²) in [5.74, 6) is 0. The van der Waals surface area contributed by atoms with Gasteiger partial charge in [-0.3, -0.25) is 14.7 Å². The van der Waals surface area contributed by atoms with Gasteiger partial charge in [0.25, 0.3) is 0 Å². The van der Waals surface area contributed by atoms with Crippen LogP contribution in [0, 0.1) is 0 Å². The van der Waals surface area contributed by atoms with Crippen molar-refractivity contribution in [3.8, 4) is 6.01 Å². The van der Waals surface area contributed by atoms with Gasteiger partial charge in [-0.15, -0.1) is 0 Å². The molecule has 3 fully saturated rings. The molecule has 0 unspecified atom stereocenters. The summed E-state index contributed by atoms with van der Waals surface area (Å²) < 4.78 is 5.11. The summed E-state index contributed by atoms with van der Waals surface area (Å²) in [5.41, 5.74) is 1.05. The highest BCUT2D eigenvalue weighted by molar-refractivity contribution is 5.06. The van der Waals surface area contributed by atoms with E-state index in [0.717, 1.165) is 37.4 Å². The Hall–Kier alpha value is -1.24. The van der Waals surface area contributed by atoms with E-state index in [1.54, 1.807) is 13.3 Å². The van der Waals surface area contributed by atoms with Gasteiger partial charge in [0.15, 0.2) is 0 Å². The molecule has 1 saturated carbocycles.